The maximum Gasteiger partial charge on any atom is 0.309 e. The Morgan fingerprint density at radius 1 is 0.921 bits per heavy atom. The van der Waals surface area contributed by atoms with Crippen LogP contribution in [0.15, 0.2) is 66.7 Å². The SMILES string of the molecule is COc1ccc([C@@H]2[C@@H](C(=O)O)[C@@H](c3ccc4c(c3)OCO4)CN2CCN2C(=O)c3ccccc3C2=O)cc1. The minimum Gasteiger partial charge on any atom is -0.497 e. The van der Waals surface area contributed by atoms with E-state index in [1.807, 2.05) is 36.4 Å². The lowest BCUT2D eigenvalue weighted by Crippen LogP contribution is -2.39. The summed E-state index contributed by atoms with van der Waals surface area (Å²) in [5.41, 5.74) is 2.45. The highest BCUT2D eigenvalue weighted by molar-refractivity contribution is 6.21. The van der Waals surface area contributed by atoms with Gasteiger partial charge in [0.25, 0.3) is 11.8 Å². The summed E-state index contributed by atoms with van der Waals surface area (Å²) >= 11 is 0. The Morgan fingerprint density at radius 3 is 2.24 bits per heavy atom. The number of aliphatic carboxylic acids is 1. The lowest BCUT2D eigenvalue weighted by molar-refractivity contribution is -0.143. The molecule has 1 fully saturated rings. The van der Waals surface area contributed by atoms with Crippen LogP contribution in [0.1, 0.15) is 43.8 Å². The predicted molar refractivity (Wildman–Crippen MR) is 136 cm³/mol. The fourth-order valence-electron chi connectivity index (χ4n) is 5.81. The molecule has 194 valence electrons. The summed E-state index contributed by atoms with van der Waals surface area (Å²) in [6, 6.07) is 19.2. The van der Waals surface area contributed by atoms with Crippen molar-refractivity contribution in [1.29, 1.82) is 0 Å². The molecular weight excluding hydrogens is 488 g/mol. The molecule has 9 heteroatoms. The number of benzene rings is 3. The highest BCUT2D eigenvalue weighted by Crippen LogP contribution is 2.47. The topological polar surface area (TPSA) is 106 Å². The number of carbonyl (C=O) groups excluding carboxylic acids is 2. The summed E-state index contributed by atoms with van der Waals surface area (Å²) in [5.74, 6) is -0.798. The van der Waals surface area contributed by atoms with Crippen molar-refractivity contribution >= 4 is 17.8 Å². The number of likely N-dealkylation sites (tertiary alicyclic amines) is 1. The Hall–Kier alpha value is -4.37. The molecule has 0 radical (unpaired) electrons. The fourth-order valence-corrected chi connectivity index (χ4v) is 5.81. The zero-order valence-electron chi connectivity index (χ0n) is 20.7. The molecule has 38 heavy (non-hydrogen) atoms. The molecule has 6 rings (SSSR count). The van der Waals surface area contributed by atoms with Gasteiger partial charge < -0.3 is 19.3 Å². The summed E-state index contributed by atoms with van der Waals surface area (Å²) in [7, 11) is 1.58. The lowest BCUT2D eigenvalue weighted by Gasteiger charge is -2.28. The molecule has 0 aromatic heterocycles. The first-order valence-corrected chi connectivity index (χ1v) is 12.4. The van der Waals surface area contributed by atoms with Crippen molar-refractivity contribution in [2.75, 3.05) is 33.5 Å². The number of ether oxygens (including phenoxy) is 3. The maximum absolute atomic E-state index is 13.0. The van der Waals surface area contributed by atoms with E-state index in [1.54, 1.807) is 37.4 Å². The van der Waals surface area contributed by atoms with Gasteiger partial charge in [0.15, 0.2) is 11.5 Å². The van der Waals surface area contributed by atoms with Gasteiger partial charge in [-0.1, -0.05) is 30.3 Å². The fraction of sp³-hybridized carbons (Fsp3) is 0.276. The Bertz CT molecular complexity index is 1390. The van der Waals surface area contributed by atoms with Gasteiger partial charge in [0.1, 0.15) is 5.75 Å². The van der Waals surface area contributed by atoms with Crippen molar-refractivity contribution in [3.63, 3.8) is 0 Å². The number of hydrogen-bond acceptors (Lipinski definition) is 7. The van der Waals surface area contributed by atoms with Crippen LogP contribution in [0.4, 0.5) is 0 Å². The van der Waals surface area contributed by atoms with E-state index in [9.17, 15) is 19.5 Å². The third-order valence-corrected chi connectivity index (χ3v) is 7.65. The summed E-state index contributed by atoms with van der Waals surface area (Å²) in [4.78, 5) is 42.0. The molecule has 1 saturated heterocycles. The van der Waals surface area contributed by atoms with Crippen LogP contribution in [-0.4, -0.2) is 66.2 Å². The monoisotopic (exact) mass is 514 g/mol. The number of imide groups is 1. The summed E-state index contributed by atoms with van der Waals surface area (Å²) < 4.78 is 16.3. The lowest BCUT2D eigenvalue weighted by atomic mass is 9.82. The van der Waals surface area contributed by atoms with Crippen LogP contribution in [-0.2, 0) is 4.79 Å². The number of nitrogens with zero attached hydrogens (tertiary/aromatic N) is 2. The van der Waals surface area contributed by atoms with E-state index >= 15 is 0 Å². The normalized spacial score (nSPS) is 22.1. The van der Waals surface area contributed by atoms with Crippen LogP contribution in [0, 0.1) is 5.92 Å². The second-order valence-corrected chi connectivity index (χ2v) is 9.60. The highest BCUT2D eigenvalue weighted by atomic mass is 16.7. The van der Waals surface area contributed by atoms with Gasteiger partial charge in [-0.15, -0.1) is 0 Å². The molecule has 3 aromatic rings. The first kappa shape index (κ1) is 24.0. The first-order chi connectivity index (χ1) is 18.5. The minimum absolute atomic E-state index is 0.132. The Balaban J connectivity index is 1.32. The average Bonchev–Trinajstić information content (AvgIpc) is 3.62. The highest BCUT2D eigenvalue weighted by Gasteiger charge is 2.48. The molecule has 3 aliphatic rings. The second kappa shape index (κ2) is 9.50. The third kappa shape index (κ3) is 3.95. The van der Waals surface area contributed by atoms with E-state index in [4.69, 9.17) is 14.2 Å². The molecule has 2 amide bonds. The maximum atomic E-state index is 13.0. The number of fused-ring (bicyclic) bond motifs is 2. The van der Waals surface area contributed by atoms with Crippen LogP contribution in [0.25, 0.3) is 0 Å². The molecule has 1 N–H and O–H groups in total. The van der Waals surface area contributed by atoms with Gasteiger partial charge in [0.05, 0.1) is 24.2 Å². The molecule has 0 bridgehead atoms. The number of rotatable bonds is 7. The zero-order valence-corrected chi connectivity index (χ0v) is 20.7. The van der Waals surface area contributed by atoms with Crippen molar-refractivity contribution in [3.05, 3.63) is 89.0 Å². The van der Waals surface area contributed by atoms with Crippen molar-refractivity contribution in [2.24, 2.45) is 5.92 Å². The molecule has 0 saturated carbocycles. The second-order valence-electron chi connectivity index (χ2n) is 9.60. The van der Waals surface area contributed by atoms with Crippen LogP contribution in [0.3, 0.4) is 0 Å². The van der Waals surface area contributed by atoms with E-state index in [0.717, 1.165) is 11.1 Å². The Morgan fingerprint density at radius 2 is 1.58 bits per heavy atom. The standard InChI is InChI=1S/C29H26N2O7/c1-36-19-9-6-17(7-10-19)26-25(29(34)35)22(18-8-11-23-24(14-18)38-16-37-23)15-30(26)12-13-31-27(32)20-4-2-3-5-21(20)28(31)33/h2-11,14,22,25-26H,12-13,15-16H2,1H3,(H,34,35)/t22-,25+,26-/m1/s1. The molecular formula is C29H26N2O7. The van der Waals surface area contributed by atoms with Gasteiger partial charge in [-0.05, 0) is 47.5 Å². The van der Waals surface area contributed by atoms with Gasteiger partial charge in [-0.25, -0.2) is 0 Å². The van der Waals surface area contributed by atoms with E-state index in [1.165, 1.54) is 4.90 Å². The van der Waals surface area contributed by atoms with E-state index in [2.05, 4.69) is 4.90 Å². The molecule has 3 heterocycles. The third-order valence-electron chi connectivity index (χ3n) is 7.65. The minimum atomic E-state index is -0.920. The van der Waals surface area contributed by atoms with Crippen molar-refractivity contribution < 1.29 is 33.7 Å². The van der Waals surface area contributed by atoms with E-state index in [0.29, 0.717) is 41.5 Å². The zero-order chi connectivity index (χ0) is 26.4. The van der Waals surface area contributed by atoms with Gasteiger partial charge >= 0.3 is 5.97 Å². The molecule has 9 nitrogen and oxygen atoms in total. The van der Waals surface area contributed by atoms with Crippen molar-refractivity contribution in [1.82, 2.24) is 9.80 Å². The van der Waals surface area contributed by atoms with Gasteiger partial charge in [-0.3, -0.25) is 24.2 Å². The van der Waals surface area contributed by atoms with Crippen LogP contribution in [0.2, 0.25) is 0 Å². The molecule has 0 spiro atoms. The summed E-state index contributed by atoms with van der Waals surface area (Å²) in [5, 5.41) is 10.4. The van der Waals surface area contributed by atoms with Gasteiger partial charge in [0.2, 0.25) is 6.79 Å². The molecule has 0 aliphatic carbocycles. The first-order valence-electron chi connectivity index (χ1n) is 12.4. The molecule has 3 atom stereocenters. The van der Waals surface area contributed by atoms with Gasteiger partial charge in [-0.2, -0.15) is 0 Å². The number of methoxy groups -OCH3 is 1. The van der Waals surface area contributed by atoms with Crippen LogP contribution in [0.5, 0.6) is 17.2 Å². The van der Waals surface area contributed by atoms with Crippen LogP contribution < -0.4 is 14.2 Å². The smallest absolute Gasteiger partial charge is 0.309 e. The summed E-state index contributed by atoms with van der Waals surface area (Å²) in [6.45, 7) is 1.04. The molecule has 3 aliphatic heterocycles. The van der Waals surface area contributed by atoms with E-state index in [-0.39, 0.29) is 31.1 Å². The number of hydrogen-bond donors (Lipinski definition) is 1. The molecule has 0 unspecified atom stereocenters. The van der Waals surface area contributed by atoms with Crippen molar-refractivity contribution in [2.45, 2.75) is 12.0 Å². The summed E-state index contributed by atoms with van der Waals surface area (Å²) in [6.07, 6.45) is 0. The quantitative estimate of drug-likeness (QED) is 0.477. The predicted octanol–water partition coefficient (Wildman–Crippen LogP) is 3.56. The number of carbonyl (C=O) groups is 3. The number of amides is 2. The number of carboxylic acid groups (broad SMARTS) is 1. The van der Waals surface area contributed by atoms with Gasteiger partial charge in [0, 0.05) is 31.6 Å². The van der Waals surface area contributed by atoms with Crippen molar-refractivity contribution in [3.8, 4) is 17.2 Å². The number of carboxylic acids is 1. The van der Waals surface area contributed by atoms with E-state index < -0.39 is 17.9 Å². The molecule has 3 aromatic carbocycles. The Kier molecular flexibility index (Phi) is 6.00. The largest absolute Gasteiger partial charge is 0.497 e. The average molecular weight is 515 g/mol. The Labute approximate surface area is 219 Å². The van der Waals surface area contributed by atoms with Crippen LogP contribution >= 0.6 is 0 Å².